The lowest BCUT2D eigenvalue weighted by Crippen LogP contribution is -2.52. The van der Waals surface area contributed by atoms with E-state index in [1.165, 1.54) is 11.1 Å². The average Bonchev–Trinajstić information content (AvgIpc) is 3.63. The van der Waals surface area contributed by atoms with E-state index >= 15 is 0 Å². The van der Waals surface area contributed by atoms with Crippen molar-refractivity contribution in [1.82, 2.24) is 29.2 Å². The third-order valence-electron chi connectivity index (χ3n) is 9.80. The number of likely N-dealkylation sites (tertiary alicyclic amines) is 1. The molecule has 0 aliphatic carbocycles. The molecular formula is C34H43F3N10OS. The first kappa shape index (κ1) is 34.9. The summed E-state index contributed by atoms with van der Waals surface area (Å²) in [7, 11) is 1.70. The first-order chi connectivity index (χ1) is 23.4. The number of nitrogens with zero attached hydrogens (tertiary/aromatic N) is 7. The van der Waals surface area contributed by atoms with Crippen LogP contribution in [0.4, 0.5) is 24.9 Å². The number of nitrogens with one attached hydrogen (secondary N) is 2. The summed E-state index contributed by atoms with van der Waals surface area (Å²) in [5.41, 5.74) is 9.49. The van der Waals surface area contributed by atoms with E-state index in [0.717, 1.165) is 80.9 Å². The predicted molar refractivity (Wildman–Crippen MR) is 187 cm³/mol. The zero-order valence-electron chi connectivity index (χ0n) is 28.1. The topological polar surface area (TPSA) is 131 Å². The number of carbonyl (C=O) groups is 1. The highest BCUT2D eigenvalue weighted by Crippen LogP contribution is 2.35. The number of hydrogen-bond donors (Lipinski definition) is 3. The van der Waals surface area contributed by atoms with Gasteiger partial charge in [0.2, 0.25) is 11.9 Å². The van der Waals surface area contributed by atoms with Crippen molar-refractivity contribution >= 4 is 50.1 Å². The van der Waals surface area contributed by atoms with Crippen LogP contribution >= 0.6 is 11.3 Å². The normalized spacial score (nSPS) is 17.8. The van der Waals surface area contributed by atoms with Gasteiger partial charge in [0.25, 0.3) is 0 Å². The number of rotatable bonds is 11. The smallest absolute Gasteiger partial charge is 0.369 e. The molecule has 1 atom stereocenters. The molecule has 0 radical (unpaired) electrons. The lowest BCUT2D eigenvalue weighted by atomic mass is 10.0. The number of aromatic nitrogens is 3. The van der Waals surface area contributed by atoms with Crippen molar-refractivity contribution in [3.05, 3.63) is 46.0 Å². The number of thiophene rings is 1. The van der Waals surface area contributed by atoms with Gasteiger partial charge < -0.3 is 20.9 Å². The van der Waals surface area contributed by atoms with Crippen molar-refractivity contribution in [1.29, 1.82) is 5.26 Å². The lowest BCUT2D eigenvalue weighted by molar-refractivity contribution is -0.126. The molecule has 2 fully saturated rings. The SMILES string of the molecule is CNc1nc(NC2CCN(Cc3ccc4c(cc(C#N)n4C[C@H](C)N4CCN(CC(N)=O)CC4)c3C)CC2)c2cc(CC(F)(F)F)sc2n1. The van der Waals surface area contributed by atoms with Gasteiger partial charge in [-0.15, -0.1) is 11.3 Å². The number of nitriles is 1. The first-order valence-corrected chi connectivity index (χ1v) is 17.5. The maximum Gasteiger partial charge on any atom is 0.393 e. The number of anilines is 2. The first-order valence-electron chi connectivity index (χ1n) is 16.7. The van der Waals surface area contributed by atoms with Crippen LogP contribution in [0.1, 0.15) is 41.5 Å². The Bertz CT molecular complexity index is 1850. The molecule has 2 saturated heterocycles. The molecular weight excluding hydrogens is 654 g/mol. The summed E-state index contributed by atoms with van der Waals surface area (Å²) in [6.45, 7) is 11.1. The summed E-state index contributed by atoms with van der Waals surface area (Å²) >= 11 is 1.05. The highest BCUT2D eigenvalue weighted by Gasteiger charge is 2.30. The summed E-state index contributed by atoms with van der Waals surface area (Å²) in [4.78, 5) is 27.9. The summed E-state index contributed by atoms with van der Waals surface area (Å²) in [6, 6.07) is 10.6. The van der Waals surface area contributed by atoms with Crippen LogP contribution in [-0.2, 0) is 24.3 Å². The molecule has 4 aromatic rings. The van der Waals surface area contributed by atoms with E-state index in [-0.39, 0.29) is 29.4 Å². The lowest BCUT2D eigenvalue weighted by Gasteiger charge is -2.37. The molecule has 49 heavy (non-hydrogen) atoms. The van der Waals surface area contributed by atoms with E-state index in [1.807, 2.05) is 6.07 Å². The Morgan fingerprint density at radius 2 is 1.84 bits per heavy atom. The van der Waals surface area contributed by atoms with Gasteiger partial charge in [0.05, 0.1) is 18.4 Å². The van der Waals surface area contributed by atoms with Crippen molar-refractivity contribution < 1.29 is 18.0 Å². The van der Waals surface area contributed by atoms with Gasteiger partial charge in [0.1, 0.15) is 22.4 Å². The van der Waals surface area contributed by atoms with Crippen LogP contribution in [0.15, 0.2) is 24.3 Å². The minimum atomic E-state index is -4.28. The minimum absolute atomic E-state index is 0.133. The number of alkyl halides is 3. The second kappa shape index (κ2) is 14.5. The van der Waals surface area contributed by atoms with Gasteiger partial charge in [-0.25, -0.2) is 4.98 Å². The zero-order valence-corrected chi connectivity index (χ0v) is 28.9. The molecule has 15 heteroatoms. The number of nitrogens with two attached hydrogens (primary N) is 1. The second-order valence-electron chi connectivity index (χ2n) is 13.2. The van der Waals surface area contributed by atoms with Crippen molar-refractivity contribution in [3.63, 3.8) is 0 Å². The fraction of sp³-hybridized carbons (Fsp3) is 0.529. The fourth-order valence-electron chi connectivity index (χ4n) is 7.09. The maximum atomic E-state index is 13.1. The van der Waals surface area contributed by atoms with Crippen molar-refractivity contribution in [3.8, 4) is 6.07 Å². The third kappa shape index (κ3) is 8.09. The number of hydrogen-bond acceptors (Lipinski definition) is 10. The molecule has 1 amide bonds. The number of aryl methyl sites for hydroxylation is 1. The van der Waals surface area contributed by atoms with Gasteiger partial charge >= 0.3 is 6.18 Å². The quantitative estimate of drug-likeness (QED) is 0.207. The molecule has 4 N–H and O–H groups in total. The molecule has 2 aliphatic heterocycles. The minimum Gasteiger partial charge on any atom is -0.369 e. The van der Waals surface area contributed by atoms with E-state index < -0.39 is 12.6 Å². The monoisotopic (exact) mass is 696 g/mol. The number of halogens is 3. The van der Waals surface area contributed by atoms with Gasteiger partial charge in [0, 0.05) is 87.3 Å². The second-order valence-corrected chi connectivity index (χ2v) is 14.3. The highest BCUT2D eigenvalue weighted by molar-refractivity contribution is 7.18. The molecule has 6 rings (SSSR count). The van der Waals surface area contributed by atoms with Crippen LogP contribution in [0.2, 0.25) is 0 Å². The van der Waals surface area contributed by atoms with Crippen LogP contribution in [0.5, 0.6) is 0 Å². The van der Waals surface area contributed by atoms with E-state index in [0.29, 0.717) is 34.2 Å². The summed E-state index contributed by atoms with van der Waals surface area (Å²) in [5, 5.41) is 18.2. The van der Waals surface area contributed by atoms with Crippen molar-refractivity contribution in [2.45, 2.75) is 64.5 Å². The molecule has 3 aromatic heterocycles. The molecule has 262 valence electrons. The molecule has 11 nitrogen and oxygen atoms in total. The summed E-state index contributed by atoms with van der Waals surface area (Å²) < 4.78 is 41.4. The number of amides is 1. The van der Waals surface area contributed by atoms with Crippen LogP contribution in [-0.4, -0.2) is 106 Å². The van der Waals surface area contributed by atoms with Crippen LogP contribution in [0.3, 0.4) is 0 Å². The Labute approximate surface area is 287 Å². The van der Waals surface area contributed by atoms with Crippen LogP contribution in [0.25, 0.3) is 21.1 Å². The van der Waals surface area contributed by atoms with E-state index in [1.54, 1.807) is 13.1 Å². The van der Waals surface area contributed by atoms with Gasteiger partial charge in [-0.3, -0.25) is 19.5 Å². The number of piperazine rings is 1. The number of piperidine rings is 1. The molecule has 0 saturated carbocycles. The Hall–Kier alpha value is -3.97. The standard InChI is InChI=1S/C34H43F3N10OS/c1-21(46-12-10-45(11-13-46)20-30(39)48)18-47-25(17-38)14-27-22(2)23(4-5-29(27)47)19-44-8-6-24(7-9-44)41-31-28-15-26(16-34(35,36)37)49-32(28)43-33(40-3)42-31/h4-5,14-15,21,24H,6-13,16,18-20H2,1-3H3,(H2,39,48)(H2,40,41,42,43)/t21-/m0/s1. The Morgan fingerprint density at radius 1 is 1.10 bits per heavy atom. The Kier molecular flexibility index (Phi) is 10.3. The largest absolute Gasteiger partial charge is 0.393 e. The number of fused-ring (bicyclic) bond motifs is 2. The van der Waals surface area contributed by atoms with E-state index in [9.17, 15) is 23.2 Å². The van der Waals surface area contributed by atoms with Gasteiger partial charge in [0.15, 0.2) is 0 Å². The summed E-state index contributed by atoms with van der Waals surface area (Å²) in [5.74, 6) is 0.640. The van der Waals surface area contributed by atoms with Gasteiger partial charge in [-0.05, 0) is 56.0 Å². The predicted octanol–water partition coefficient (Wildman–Crippen LogP) is 4.54. The molecule has 5 heterocycles. The Balaban J connectivity index is 1.09. The summed E-state index contributed by atoms with van der Waals surface area (Å²) in [6.07, 6.45) is -3.53. The molecule has 1 aromatic carbocycles. The van der Waals surface area contributed by atoms with Gasteiger partial charge in [-0.1, -0.05) is 6.07 Å². The molecule has 2 aliphatic rings. The number of benzene rings is 1. The van der Waals surface area contributed by atoms with Crippen molar-refractivity contribution in [2.75, 3.05) is 63.5 Å². The Morgan fingerprint density at radius 3 is 2.49 bits per heavy atom. The van der Waals surface area contributed by atoms with Crippen molar-refractivity contribution in [2.24, 2.45) is 5.73 Å². The molecule has 0 unspecified atom stereocenters. The highest BCUT2D eigenvalue weighted by atomic mass is 32.1. The molecule has 0 spiro atoms. The number of carbonyl (C=O) groups excluding carboxylic acids is 1. The molecule has 0 bridgehead atoms. The van der Waals surface area contributed by atoms with E-state index in [2.05, 4.69) is 71.9 Å². The van der Waals surface area contributed by atoms with Crippen LogP contribution in [0, 0.1) is 18.3 Å². The number of primary amides is 1. The fourth-order valence-corrected chi connectivity index (χ4v) is 8.15. The zero-order chi connectivity index (χ0) is 34.9. The van der Waals surface area contributed by atoms with Gasteiger partial charge in [-0.2, -0.15) is 23.4 Å². The van der Waals surface area contributed by atoms with Crippen LogP contribution < -0.4 is 16.4 Å². The van der Waals surface area contributed by atoms with E-state index in [4.69, 9.17) is 5.73 Å². The maximum absolute atomic E-state index is 13.1. The third-order valence-corrected chi connectivity index (χ3v) is 10.8. The average molecular weight is 697 g/mol.